The maximum Gasteiger partial charge on any atom is 0.255 e. The molecule has 4 aromatic rings. The summed E-state index contributed by atoms with van der Waals surface area (Å²) in [5.41, 5.74) is 4.35. The molecule has 0 spiro atoms. The number of nitrogens with zero attached hydrogens (tertiary/aromatic N) is 2. The molecule has 8 heteroatoms. The number of ether oxygens (including phenoxy) is 1. The van der Waals surface area contributed by atoms with E-state index >= 15 is 0 Å². The molecule has 3 aromatic carbocycles. The smallest absolute Gasteiger partial charge is 0.255 e. The van der Waals surface area contributed by atoms with Crippen molar-refractivity contribution >= 4 is 51.8 Å². The quantitative estimate of drug-likeness (QED) is 0.362. The van der Waals surface area contributed by atoms with Crippen LogP contribution in [0.1, 0.15) is 18.5 Å². The van der Waals surface area contributed by atoms with Crippen molar-refractivity contribution < 1.29 is 9.53 Å². The summed E-state index contributed by atoms with van der Waals surface area (Å²) in [6.07, 6.45) is 0. The molecule has 33 heavy (non-hydrogen) atoms. The van der Waals surface area contributed by atoms with E-state index in [-0.39, 0.29) is 5.91 Å². The fourth-order valence-corrected chi connectivity index (χ4v) is 4.66. The molecule has 2 N–H and O–H groups in total. The Morgan fingerprint density at radius 3 is 2.58 bits per heavy atom. The van der Waals surface area contributed by atoms with Gasteiger partial charge in [0.15, 0.2) is 0 Å². The van der Waals surface area contributed by atoms with Gasteiger partial charge < -0.3 is 15.4 Å². The van der Waals surface area contributed by atoms with Gasteiger partial charge in [0.2, 0.25) is 5.95 Å². The van der Waals surface area contributed by atoms with E-state index in [1.54, 1.807) is 43.5 Å². The third-order valence-corrected chi connectivity index (χ3v) is 6.24. The lowest BCUT2D eigenvalue weighted by molar-refractivity contribution is -0.113. The number of nitrogens with one attached hydrogen (secondary N) is 2. The second-order valence-corrected chi connectivity index (χ2v) is 8.55. The molecule has 2 heterocycles. The minimum atomic E-state index is -0.503. The number of benzene rings is 3. The number of para-hydroxylation sites is 2. The molecule has 1 aliphatic rings. The van der Waals surface area contributed by atoms with Gasteiger partial charge in [0.05, 0.1) is 29.8 Å². The number of amides is 1. The Kier molecular flexibility index (Phi) is 5.48. The van der Waals surface area contributed by atoms with E-state index in [2.05, 4.69) is 10.6 Å². The van der Waals surface area contributed by atoms with Gasteiger partial charge in [-0.05, 0) is 61.0 Å². The zero-order chi connectivity index (χ0) is 23.1. The van der Waals surface area contributed by atoms with Crippen molar-refractivity contribution in [1.82, 2.24) is 9.55 Å². The summed E-state index contributed by atoms with van der Waals surface area (Å²) >= 11 is 12.8. The number of carbonyl (C=O) groups is 1. The van der Waals surface area contributed by atoms with Crippen LogP contribution in [0.25, 0.3) is 11.0 Å². The van der Waals surface area contributed by atoms with Gasteiger partial charge in [0.25, 0.3) is 5.91 Å². The minimum Gasteiger partial charge on any atom is -0.497 e. The molecule has 5 rings (SSSR count). The van der Waals surface area contributed by atoms with Crippen LogP contribution in [0.15, 0.2) is 78.0 Å². The van der Waals surface area contributed by atoms with Crippen LogP contribution in [0.3, 0.4) is 0 Å². The maximum absolute atomic E-state index is 13.6. The SMILES string of the molecule is COc1ccc(NC(=O)C2=C(C)Nc3nc4ccccc4n3C2c2ccc(Cl)cc2Cl)cc1. The van der Waals surface area contributed by atoms with Crippen molar-refractivity contribution in [3.63, 3.8) is 0 Å². The largest absolute Gasteiger partial charge is 0.497 e. The lowest BCUT2D eigenvalue weighted by Crippen LogP contribution is -2.31. The Hall–Kier alpha value is -3.48. The van der Waals surface area contributed by atoms with Crippen LogP contribution in [0.2, 0.25) is 10.0 Å². The first-order valence-electron chi connectivity index (χ1n) is 10.3. The van der Waals surface area contributed by atoms with E-state index in [0.717, 1.165) is 16.6 Å². The molecule has 1 unspecified atom stereocenters. The first-order chi connectivity index (χ1) is 16.0. The topological polar surface area (TPSA) is 68.2 Å². The molecule has 0 bridgehead atoms. The Balaban J connectivity index is 1.65. The number of fused-ring (bicyclic) bond motifs is 3. The standard InChI is InChI=1S/C25H20Cl2N4O2/c1-14-22(24(32)29-16-8-10-17(33-2)11-9-16)23(18-12-7-15(26)13-19(18)27)31-21-6-4-3-5-20(21)30-25(31)28-14/h3-13,23H,1-2H3,(H,28,30)(H,29,32). The van der Waals surface area contributed by atoms with Crippen LogP contribution in [-0.4, -0.2) is 22.6 Å². The van der Waals surface area contributed by atoms with Crippen molar-refractivity contribution in [3.8, 4) is 5.75 Å². The highest BCUT2D eigenvalue weighted by atomic mass is 35.5. The third kappa shape index (κ3) is 3.81. The molecular formula is C25H20Cl2N4O2. The number of imidazole rings is 1. The summed E-state index contributed by atoms with van der Waals surface area (Å²) < 4.78 is 7.21. The zero-order valence-electron chi connectivity index (χ0n) is 17.9. The number of carbonyl (C=O) groups excluding carboxylic acids is 1. The molecule has 6 nitrogen and oxygen atoms in total. The highest BCUT2D eigenvalue weighted by Gasteiger charge is 2.35. The molecule has 1 aromatic heterocycles. The summed E-state index contributed by atoms with van der Waals surface area (Å²) in [5, 5.41) is 7.30. The first kappa shape index (κ1) is 21.4. The number of rotatable bonds is 4. The molecule has 1 aliphatic heterocycles. The van der Waals surface area contributed by atoms with Crippen LogP contribution >= 0.6 is 23.2 Å². The summed E-state index contributed by atoms with van der Waals surface area (Å²) in [4.78, 5) is 18.3. The number of aromatic nitrogens is 2. The first-order valence-corrected chi connectivity index (χ1v) is 11.1. The number of halogens is 2. The van der Waals surface area contributed by atoms with E-state index < -0.39 is 6.04 Å². The highest BCUT2D eigenvalue weighted by Crippen LogP contribution is 2.42. The predicted octanol–water partition coefficient (Wildman–Crippen LogP) is 6.28. The van der Waals surface area contributed by atoms with Gasteiger partial charge >= 0.3 is 0 Å². The van der Waals surface area contributed by atoms with Gasteiger partial charge in [0.1, 0.15) is 5.75 Å². The van der Waals surface area contributed by atoms with Crippen LogP contribution in [0.5, 0.6) is 5.75 Å². The summed E-state index contributed by atoms with van der Waals surface area (Å²) in [7, 11) is 1.60. The second-order valence-electron chi connectivity index (χ2n) is 7.71. The monoisotopic (exact) mass is 478 g/mol. The van der Waals surface area contributed by atoms with Gasteiger partial charge in [-0.1, -0.05) is 41.4 Å². The Bertz CT molecular complexity index is 1410. The number of hydrogen-bond donors (Lipinski definition) is 2. The fraction of sp³-hybridized carbons (Fsp3) is 0.120. The molecule has 0 saturated carbocycles. The predicted molar refractivity (Wildman–Crippen MR) is 132 cm³/mol. The number of anilines is 2. The van der Waals surface area contributed by atoms with E-state index in [1.165, 1.54) is 0 Å². The van der Waals surface area contributed by atoms with E-state index in [9.17, 15) is 4.79 Å². The van der Waals surface area contributed by atoms with Crippen molar-refractivity contribution in [3.05, 3.63) is 93.6 Å². The van der Waals surface area contributed by atoms with Crippen molar-refractivity contribution in [2.75, 3.05) is 17.7 Å². The normalized spacial score (nSPS) is 15.2. The number of allylic oxidation sites excluding steroid dienone is 1. The molecule has 0 aliphatic carbocycles. The Labute approximate surface area is 200 Å². The third-order valence-electron chi connectivity index (χ3n) is 5.68. The second kappa shape index (κ2) is 8.46. The van der Waals surface area contributed by atoms with Gasteiger partial charge in [0, 0.05) is 21.4 Å². The summed E-state index contributed by atoms with van der Waals surface area (Å²) in [5.74, 6) is 1.11. The highest BCUT2D eigenvalue weighted by molar-refractivity contribution is 6.35. The van der Waals surface area contributed by atoms with Crippen LogP contribution in [0, 0.1) is 0 Å². The van der Waals surface area contributed by atoms with E-state index in [1.807, 2.05) is 41.8 Å². The van der Waals surface area contributed by atoms with Gasteiger partial charge in [-0.25, -0.2) is 4.98 Å². The van der Waals surface area contributed by atoms with Gasteiger partial charge in [-0.15, -0.1) is 0 Å². The molecule has 0 fully saturated rings. The average molecular weight is 479 g/mol. The van der Waals surface area contributed by atoms with Crippen LogP contribution < -0.4 is 15.4 Å². The lowest BCUT2D eigenvalue weighted by Gasteiger charge is -2.31. The van der Waals surface area contributed by atoms with Crippen molar-refractivity contribution in [2.45, 2.75) is 13.0 Å². The fourth-order valence-electron chi connectivity index (χ4n) is 4.15. The lowest BCUT2D eigenvalue weighted by atomic mass is 9.94. The number of hydrogen-bond acceptors (Lipinski definition) is 4. The molecule has 1 amide bonds. The van der Waals surface area contributed by atoms with Crippen LogP contribution in [-0.2, 0) is 4.79 Å². The molecule has 166 valence electrons. The molecule has 1 atom stereocenters. The summed E-state index contributed by atoms with van der Waals surface area (Å²) in [6.45, 7) is 1.86. The van der Waals surface area contributed by atoms with Crippen molar-refractivity contribution in [2.24, 2.45) is 0 Å². The van der Waals surface area contributed by atoms with E-state index in [0.29, 0.717) is 38.7 Å². The number of methoxy groups -OCH3 is 1. The molecule has 0 saturated heterocycles. The average Bonchev–Trinajstić information content (AvgIpc) is 3.16. The summed E-state index contributed by atoms with van der Waals surface area (Å²) in [6, 6.07) is 19.8. The maximum atomic E-state index is 13.6. The van der Waals surface area contributed by atoms with Gasteiger partial charge in [-0.2, -0.15) is 0 Å². The molecule has 0 radical (unpaired) electrons. The minimum absolute atomic E-state index is 0.246. The Morgan fingerprint density at radius 2 is 1.85 bits per heavy atom. The van der Waals surface area contributed by atoms with Crippen molar-refractivity contribution in [1.29, 1.82) is 0 Å². The molecular weight excluding hydrogens is 459 g/mol. The zero-order valence-corrected chi connectivity index (χ0v) is 19.4. The van der Waals surface area contributed by atoms with Crippen LogP contribution in [0.4, 0.5) is 11.6 Å². The van der Waals surface area contributed by atoms with E-state index in [4.69, 9.17) is 32.9 Å². The Morgan fingerprint density at radius 1 is 1.09 bits per heavy atom. The van der Waals surface area contributed by atoms with Gasteiger partial charge in [-0.3, -0.25) is 9.36 Å².